The van der Waals surface area contributed by atoms with E-state index in [1.807, 2.05) is 0 Å². The van der Waals surface area contributed by atoms with Crippen LogP contribution in [0.1, 0.15) is 72.1 Å². The summed E-state index contributed by atoms with van der Waals surface area (Å²) in [6.07, 6.45) is 9.24. The van der Waals surface area contributed by atoms with Gasteiger partial charge in [0.15, 0.2) is 5.96 Å². The highest BCUT2D eigenvalue weighted by molar-refractivity contribution is 5.81. The molecule has 0 aromatic rings. The van der Waals surface area contributed by atoms with Crippen molar-refractivity contribution in [1.82, 2.24) is 15.5 Å². The molecule has 2 aliphatic rings. The lowest BCUT2D eigenvalue weighted by Crippen LogP contribution is -2.44. The van der Waals surface area contributed by atoms with E-state index in [4.69, 9.17) is 4.99 Å². The van der Waals surface area contributed by atoms with E-state index >= 15 is 0 Å². The molecule has 0 radical (unpaired) electrons. The summed E-state index contributed by atoms with van der Waals surface area (Å²) in [7, 11) is 0. The number of rotatable bonds is 7. The van der Waals surface area contributed by atoms with Gasteiger partial charge in [-0.25, -0.2) is 0 Å². The van der Waals surface area contributed by atoms with Crippen LogP contribution >= 0.6 is 0 Å². The van der Waals surface area contributed by atoms with Gasteiger partial charge in [0.05, 0.1) is 0 Å². The fourth-order valence-corrected chi connectivity index (χ4v) is 3.79. The van der Waals surface area contributed by atoms with Crippen LogP contribution in [-0.4, -0.2) is 49.0 Å². The molecular weight excluding hydrogens is 300 g/mol. The maximum Gasteiger partial charge on any atom is 0.224 e. The molecule has 1 unspecified atom stereocenters. The third-order valence-electron chi connectivity index (χ3n) is 5.84. The van der Waals surface area contributed by atoms with Gasteiger partial charge in [-0.2, -0.15) is 0 Å². The number of guanidine groups is 1. The predicted molar refractivity (Wildman–Crippen MR) is 100 cm³/mol. The van der Waals surface area contributed by atoms with E-state index in [1.54, 1.807) is 0 Å². The Morgan fingerprint density at radius 2 is 2.00 bits per heavy atom. The van der Waals surface area contributed by atoms with Gasteiger partial charge in [0, 0.05) is 38.6 Å². The van der Waals surface area contributed by atoms with E-state index in [0.717, 1.165) is 38.4 Å². The van der Waals surface area contributed by atoms with Crippen molar-refractivity contribution in [2.24, 2.45) is 10.4 Å². The van der Waals surface area contributed by atoms with Crippen molar-refractivity contribution in [1.29, 1.82) is 0 Å². The first-order chi connectivity index (χ1) is 11.6. The van der Waals surface area contributed by atoms with Crippen LogP contribution in [0.15, 0.2) is 4.99 Å². The van der Waals surface area contributed by atoms with Crippen molar-refractivity contribution in [3.63, 3.8) is 0 Å². The summed E-state index contributed by atoms with van der Waals surface area (Å²) in [6, 6.07) is 0.399. The topological polar surface area (TPSA) is 56.7 Å². The van der Waals surface area contributed by atoms with Gasteiger partial charge in [-0.3, -0.25) is 9.79 Å². The molecule has 0 aromatic heterocycles. The molecule has 1 heterocycles. The first-order valence-electron chi connectivity index (χ1n) is 9.92. The van der Waals surface area contributed by atoms with Gasteiger partial charge >= 0.3 is 0 Å². The number of piperidine rings is 1. The van der Waals surface area contributed by atoms with Gasteiger partial charge in [-0.1, -0.05) is 13.3 Å². The molecule has 1 amide bonds. The maximum absolute atomic E-state index is 12.4. The minimum atomic E-state index is 0.273. The van der Waals surface area contributed by atoms with Crippen molar-refractivity contribution in [3.8, 4) is 0 Å². The van der Waals surface area contributed by atoms with Crippen molar-refractivity contribution in [3.05, 3.63) is 0 Å². The second-order valence-electron chi connectivity index (χ2n) is 7.51. The van der Waals surface area contributed by atoms with E-state index in [9.17, 15) is 4.79 Å². The number of hydrogen-bond donors (Lipinski definition) is 2. The lowest BCUT2D eigenvalue weighted by atomic mass is 9.67. The van der Waals surface area contributed by atoms with Crippen LogP contribution in [0.4, 0.5) is 0 Å². The van der Waals surface area contributed by atoms with Gasteiger partial charge < -0.3 is 15.5 Å². The Kier molecular flexibility index (Phi) is 7.38. The fraction of sp³-hybridized carbons (Fsp3) is 0.895. The van der Waals surface area contributed by atoms with E-state index in [0.29, 0.717) is 24.4 Å². The van der Waals surface area contributed by atoms with Gasteiger partial charge in [0.25, 0.3) is 0 Å². The number of hydrogen-bond acceptors (Lipinski definition) is 2. The maximum atomic E-state index is 12.4. The third kappa shape index (κ3) is 5.12. The monoisotopic (exact) mass is 336 g/mol. The van der Waals surface area contributed by atoms with Gasteiger partial charge in [0.2, 0.25) is 5.91 Å². The molecule has 24 heavy (non-hydrogen) atoms. The fourth-order valence-electron chi connectivity index (χ4n) is 3.79. The molecule has 5 nitrogen and oxygen atoms in total. The number of nitrogens with one attached hydrogen (secondary N) is 2. The smallest absolute Gasteiger partial charge is 0.224 e. The zero-order valence-electron chi connectivity index (χ0n) is 15.9. The van der Waals surface area contributed by atoms with Crippen molar-refractivity contribution >= 4 is 11.9 Å². The lowest BCUT2D eigenvalue weighted by Gasteiger charge is -2.40. The van der Waals surface area contributed by atoms with Crippen molar-refractivity contribution in [2.75, 3.05) is 26.2 Å². The largest absolute Gasteiger partial charge is 0.357 e. The summed E-state index contributed by atoms with van der Waals surface area (Å²) in [5.74, 6) is 1.13. The van der Waals surface area contributed by atoms with Crippen LogP contribution in [0.25, 0.3) is 0 Å². The third-order valence-corrected chi connectivity index (χ3v) is 5.84. The minimum Gasteiger partial charge on any atom is -0.357 e. The number of amides is 1. The molecule has 1 atom stereocenters. The Hall–Kier alpha value is -1.26. The highest BCUT2D eigenvalue weighted by atomic mass is 16.2. The molecule has 1 saturated carbocycles. The first kappa shape index (κ1) is 19.1. The molecule has 2 N–H and O–H groups in total. The Bertz CT molecular complexity index is 426. The van der Waals surface area contributed by atoms with Crippen LogP contribution in [0, 0.1) is 5.41 Å². The summed E-state index contributed by atoms with van der Waals surface area (Å²) >= 11 is 0. The number of carbonyl (C=O) groups excluding carboxylic acids is 1. The molecular formula is C19H36N4O. The summed E-state index contributed by atoms with van der Waals surface area (Å²) in [4.78, 5) is 19.2. The molecule has 0 bridgehead atoms. The molecule has 5 heteroatoms. The van der Waals surface area contributed by atoms with Crippen LogP contribution in [0.3, 0.4) is 0 Å². The highest BCUT2D eigenvalue weighted by Crippen LogP contribution is 2.43. The van der Waals surface area contributed by atoms with Crippen molar-refractivity contribution in [2.45, 2.75) is 78.2 Å². The van der Waals surface area contributed by atoms with E-state index in [-0.39, 0.29) is 5.91 Å². The Morgan fingerprint density at radius 1 is 1.21 bits per heavy atom. The van der Waals surface area contributed by atoms with Crippen LogP contribution in [0.5, 0.6) is 0 Å². The highest BCUT2D eigenvalue weighted by Gasteiger charge is 2.34. The van der Waals surface area contributed by atoms with Crippen molar-refractivity contribution < 1.29 is 4.79 Å². The average Bonchev–Trinajstić information content (AvgIpc) is 2.54. The average molecular weight is 337 g/mol. The quantitative estimate of drug-likeness (QED) is 0.555. The number of carbonyl (C=O) groups is 1. The van der Waals surface area contributed by atoms with Gasteiger partial charge in [-0.05, 0) is 57.8 Å². The summed E-state index contributed by atoms with van der Waals surface area (Å²) in [6.45, 7) is 9.85. The zero-order chi connectivity index (χ0) is 17.4. The van der Waals surface area contributed by atoms with Gasteiger partial charge in [0.1, 0.15) is 0 Å². The molecule has 0 spiro atoms. The normalized spacial score (nSPS) is 23.5. The summed E-state index contributed by atoms with van der Waals surface area (Å²) in [5, 5.41) is 6.65. The molecule has 2 fully saturated rings. The second kappa shape index (κ2) is 9.28. The van der Waals surface area contributed by atoms with E-state index in [1.165, 1.54) is 32.1 Å². The molecule has 1 saturated heterocycles. The van der Waals surface area contributed by atoms with Crippen LogP contribution < -0.4 is 10.6 Å². The van der Waals surface area contributed by atoms with Crippen LogP contribution in [-0.2, 0) is 4.79 Å². The first-order valence-corrected chi connectivity index (χ1v) is 9.92. The zero-order valence-corrected chi connectivity index (χ0v) is 15.9. The minimum absolute atomic E-state index is 0.273. The SMILES string of the molecule is CCNC(=NCC1(CC)CCC1)NCCC(=O)N1CCCCC1C. The lowest BCUT2D eigenvalue weighted by molar-refractivity contribution is -0.134. The summed E-state index contributed by atoms with van der Waals surface area (Å²) < 4.78 is 0. The van der Waals surface area contributed by atoms with E-state index in [2.05, 4.69) is 36.3 Å². The summed E-state index contributed by atoms with van der Waals surface area (Å²) in [5.41, 5.74) is 0.432. The molecule has 1 aliphatic heterocycles. The molecule has 0 aromatic carbocycles. The number of nitrogens with zero attached hydrogens (tertiary/aromatic N) is 2. The number of aliphatic imine (C=N–C) groups is 1. The Balaban J connectivity index is 1.77. The molecule has 1 aliphatic carbocycles. The molecule has 2 rings (SSSR count). The number of likely N-dealkylation sites (tertiary alicyclic amines) is 1. The van der Waals surface area contributed by atoms with Gasteiger partial charge in [-0.15, -0.1) is 0 Å². The van der Waals surface area contributed by atoms with Crippen LogP contribution in [0.2, 0.25) is 0 Å². The predicted octanol–water partition coefficient (Wildman–Crippen LogP) is 2.91. The Morgan fingerprint density at radius 3 is 2.58 bits per heavy atom. The standard InChI is InChI=1S/C19H36N4O/c1-4-19(11-8-12-19)15-22-18(20-5-2)21-13-10-17(24)23-14-7-6-9-16(23)3/h16H,4-15H2,1-3H3,(H2,20,21,22). The second-order valence-corrected chi connectivity index (χ2v) is 7.51. The molecule has 138 valence electrons. The Labute approximate surface area is 147 Å². The van der Waals surface area contributed by atoms with E-state index < -0.39 is 0 Å².